The highest BCUT2D eigenvalue weighted by Gasteiger charge is 2.12. The molecule has 0 unspecified atom stereocenters. The third kappa shape index (κ3) is 7.44. The van der Waals surface area contributed by atoms with Crippen LogP contribution in [0, 0.1) is 0 Å². The molecule has 3 aromatic carbocycles. The number of fused-ring (bicyclic) bond motifs is 1. The van der Waals surface area contributed by atoms with E-state index in [1.165, 1.54) is 0 Å². The first-order chi connectivity index (χ1) is 19.6. The highest BCUT2D eigenvalue weighted by molar-refractivity contribution is 5.96. The van der Waals surface area contributed by atoms with Gasteiger partial charge in [-0.2, -0.15) is 0 Å². The van der Waals surface area contributed by atoms with E-state index in [0.29, 0.717) is 24.5 Å². The van der Waals surface area contributed by atoms with E-state index < -0.39 is 0 Å². The first-order valence-corrected chi connectivity index (χ1v) is 13.9. The number of aromatic nitrogens is 2. The van der Waals surface area contributed by atoms with Gasteiger partial charge >= 0.3 is 0 Å². The van der Waals surface area contributed by atoms with Gasteiger partial charge in [-0.1, -0.05) is 42.8 Å². The first-order valence-electron chi connectivity index (χ1n) is 13.9. The lowest BCUT2D eigenvalue weighted by molar-refractivity contribution is 0.0950. The molecular weight excluding hydrogens is 502 g/mol. The van der Waals surface area contributed by atoms with Gasteiger partial charge in [0.1, 0.15) is 11.6 Å². The van der Waals surface area contributed by atoms with Gasteiger partial charge in [0.2, 0.25) is 0 Å². The number of hydrogen-bond acceptors (Lipinski definition) is 5. The van der Waals surface area contributed by atoms with Crippen LogP contribution >= 0.6 is 0 Å². The van der Waals surface area contributed by atoms with Gasteiger partial charge in [0.05, 0.1) is 37.4 Å². The van der Waals surface area contributed by atoms with Crippen LogP contribution in [0.1, 0.15) is 47.4 Å². The number of carbonyl (C=O) groups is 1. The smallest absolute Gasteiger partial charge is 0.255 e. The molecule has 0 aliphatic heterocycles. The quantitative estimate of drug-likeness (QED) is 0.131. The first kappa shape index (κ1) is 28.7. The molecule has 210 valence electrons. The van der Waals surface area contributed by atoms with Crippen molar-refractivity contribution >= 4 is 16.9 Å². The van der Waals surface area contributed by atoms with Gasteiger partial charge in [-0.3, -0.25) is 4.79 Å². The van der Waals surface area contributed by atoms with Crippen LogP contribution in [-0.4, -0.2) is 42.8 Å². The maximum Gasteiger partial charge on any atom is 0.255 e. The minimum atomic E-state index is -0.105. The third-order valence-electron chi connectivity index (χ3n) is 6.84. The van der Waals surface area contributed by atoms with Gasteiger partial charge in [0.25, 0.3) is 5.91 Å². The lowest BCUT2D eigenvalue weighted by Crippen LogP contribution is -2.24. The Labute approximate surface area is 236 Å². The van der Waals surface area contributed by atoms with Gasteiger partial charge < -0.3 is 24.1 Å². The average Bonchev–Trinajstić information content (AvgIpc) is 3.34. The Morgan fingerprint density at radius 3 is 2.55 bits per heavy atom. The molecule has 1 heterocycles. The van der Waals surface area contributed by atoms with E-state index in [4.69, 9.17) is 19.2 Å². The summed E-state index contributed by atoms with van der Waals surface area (Å²) in [5.41, 5.74) is 3.87. The Bertz CT molecular complexity index is 1410. The number of allylic oxidation sites excluding steroid dienone is 1. The minimum absolute atomic E-state index is 0.105. The molecule has 0 radical (unpaired) electrons. The van der Waals surface area contributed by atoms with Crippen molar-refractivity contribution in [1.29, 1.82) is 0 Å². The number of methoxy groups -OCH3 is 2. The number of para-hydroxylation sites is 3. The van der Waals surface area contributed by atoms with Crippen LogP contribution in [0.25, 0.3) is 11.0 Å². The normalized spacial score (nSPS) is 10.8. The predicted molar refractivity (Wildman–Crippen MR) is 160 cm³/mol. The molecular formula is C33H39N3O4. The Morgan fingerprint density at radius 1 is 0.925 bits per heavy atom. The average molecular weight is 542 g/mol. The SMILES string of the molecule is C=CCc1ccc(OCCCn2c(CCCCCNC(=O)c3ccccc3OC)nc3ccccc32)c(OC)c1. The number of benzene rings is 3. The van der Waals surface area contributed by atoms with Crippen molar-refractivity contribution in [1.82, 2.24) is 14.9 Å². The molecule has 1 aromatic heterocycles. The third-order valence-corrected chi connectivity index (χ3v) is 6.84. The van der Waals surface area contributed by atoms with E-state index in [-0.39, 0.29) is 5.91 Å². The van der Waals surface area contributed by atoms with Gasteiger partial charge in [-0.25, -0.2) is 4.98 Å². The van der Waals surface area contributed by atoms with Crippen molar-refractivity contribution in [3.8, 4) is 17.2 Å². The van der Waals surface area contributed by atoms with Crippen LogP contribution in [-0.2, 0) is 19.4 Å². The summed E-state index contributed by atoms with van der Waals surface area (Å²) < 4.78 is 19.2. The summed E-state index contributed by atoms with van der Waals surface area (Å²) in [5, 5.41) is 3.00. The summed E-state index contributed by atoms with van der Waals surface area (Å²) in [5.74, 6) is 3.07. The minimum Gasteiger partial charge on any atom is -0.496 e. The Hall–Kier alpha value is -4.26. The van der Waals surface area contributed by atoms with Crippen LogP contribution in [0.3, 0.4) is 0 Å². The molecule has 1 N–H and O–H groups in total. The summed E-state index contributed by atoms with van der Waals surface area (Å²) in [4.78, 5) is 17.4. The van der Waals surface area contributed by atoms with Crippen molar-refractivity contribution < 1.29 is 19.0 Å². The Morgan fingerprint density at radius 2 is 1.73 bits per heavy atom. The summed E-state index contributed by atoms with van der Waals surface area (Å²) in [6, 6.07) is 21.6. The molecule has 0 atom stereocenters. The fourth-order valence-electron chi connectivity index (χ4n) is 4.81. The highest BCUT2D eigenvalue weighted by atomic mass is 16.5. The van der Waals surface area contributed by atoms with E-state index in [1.807, 2.05) is 42.5 Å². The zero-order valence-corrected chi connectivity index (χ0v) is 23.5. The highest BCUT2D eigenvalue weighted by Crippen LogP contribution is 2.28. The fraction of sp³-hybridized carbons (Fsp3) is 0.333. The van der Waals surface area contributed by atoms with Gasteiger partial charge in [0.15, 0.2) is 11.5 Å². The van der Waals surface area contributed by atoms with E-state index >= 15 is 0 Å². The molecule has 0 spiro atoms. The number of amides is 1. The Balaban J connectivity index is 1.27. The number of carbonyl (C=O) groups excluding carboxylic acids is 1. The second kappa shape index (κ2) is 14.8. The van der Waals surface area contributed by atoms with Crippen molar-refractivity contribution in [2.75, 3.05) is 27.4 Å². The predicted octanol–water partition coefficient (Wildman–Crippen LogP) is 6.39. The van der Waals surface area contributed by atoms with Crippen LogP contribution in [0.5, 0.6) is 17.2 Å². The summed E-state index contributed by atoms with van der Waals surface area (Å²) >= 11 is 0. The molecule has 0 fully saturated rings. The van der Waals surface area contributed by atoms with Crippen LogP contribution in [0.2, 0.25) is 0 Å². The van der Waals surface area contributed by atoms with E-state index in [1.54, 1.807) is 26.4 Å². The molecule has 0 saturated heterocycles. The largest absolute Gasteiger partial charge is 0.496 e. The number of ether oxygens (including phenoxy) is 3. The van der Waals surface area contributed by atoms with Crippen molar-refractivity contribution in [2.45, 2.75) is 45.1 Å². The van der Waals surface area contributed by atoms with Gasteiger partial charge in [-0.05, 0) is 67.6 Å². The molecule has 1 amide bonds. The number of rotatable bonds is 16. The number of nitrogens with one attached hydrogen (secondary N) is 1. The second-order valence-corrected chi connectivity index (χ2v) is 9.62. The lowest BCUT2D eigenvalue weighted by Gasteiger charge is -2.13. The van der Waals surface area contributed by atoms with E-state index in [0.717, 1.165) is 79.0 Å². The van der Waals surface area contributed by atoms with Crippen molar-refractivity contribution in [2.24, 2.45) is 0 Å². The van der Waals surface area contributed by atoms with Crippen molar-refractivity contribution in [3.63, 3.8) is 0 Å². The van der Waals surface area contributed by atoms with Gasteiger partial charge in [0, 0.05) is 19.5 Å². The van der Waals surface area contributed by atoms with E-state index in [9.17, 15) is 4.79 Å². The molecule has 0 aliphatic rings. The lowest BCUT2D eigenvalue weighted by atomic mass is 10.1. The maximum absolute atomic E-state index is 12.5. The summed E-state index contributed by atoms with van der Waals surface area (Å²) in [7, 11) is 3.24. The molecule has 7 nitrogen and oxygen atoms in total. The van der Waals surface area contributed by atoms with Gasteiger partial charge in [-0.15, -0.1) is 6.58 Å². The molecule has 0 saturated carbocycles. The number of hydrogen-bond donors (Lipinski definition) is 1. The number of imidazole rings is 1. The molecule has 4 aromatic rings. The molecule has 0 aliphatic carbocycles. The molecule has 40 heavy (non-hydrogen) atoms. The molecule has 0 bridgehead atoms. The van der Waals surface area contributed by atoms with Crippen LogP contribution in [0.15, 0.2) is 79.4 Å². The number of aryl methyl sites for hydroxylation is 2. The van der Waals surface area contributed by atoms with E-state index in [2.05, 4.69) is 34.7 Å². The zero-order chi connectivity index (χ0) is 28.2. The summed E-state index contributed by atoms with van der Waals surface area (Å²) in [6.45, 7) is 5.83. The van der Waals surface area contributed by atoms with Crippen LogP contribution in [0.4, 0.5) is 0 Å². The zero-order valence-electron chi connectivity index (χ0n) is 23.5. The van der Waals surface area contributed by atoms with Crippen molar-refractivity contribution in [3.05, 3.63) is 96.3 Å². The monoisotopic (exact) mass is 541 g/mol. The Kier molecular flexibility index (Phi) is 10.6. The standard InChI is InChI=1S/C33H39N3O4/c1-4-13-25-19-20-30(31(24-25)39-3)40-23-12-22-36-28-16-9-8-15-27(28)35-32(36)18-6-5-11-21-34-33(37)26-14-7-10-17-29(26)38-2/h4,7-10,14-17,19-20,24H,1,5-6,11-13,18,21-23H2,2-3H3,(H,34,37). The second-order valence-electron chi connectivity index (χ2n) is 9.62. The topological polar surface area (TPSA) is 74.6 Å². The number of unbranched alkanes of at least 4 members (excludes halogenated alkanes) is 2. The fourth-order valence-corrected chi connectivity index (χ4v) is 4.81. The summed E-state index contributed by atoms with van der Waals surface area (Å²) in [6.07, 6.45) is 7.31. The molecule has 4 rings (SSSR count). The number of nitrogens with zero attached hydrogens (tertiary/aromatic N) is 2. The maximum atomic E-state index is 12.5. The molecule has 7 heteroatoms. The van der Waals surface area contributed by atoms with Crippen LogP contribution < -0.4 is 19.5 Å².